The van der Waals surface area contributed by atoms with Gasteiger partial charge in [0.05, 0.1) is 5.69 Å². The van der Waals surface area contributed by atoms with Crippen LogP contribution in [0, 0.1) is 5.82 Å². The number of para-hydroxylation sites is 1. The van der Waals surface area contributed by atoms with Crippen LogP contribution in [0.5, 0.6) is 0 Å². The summed E-state index contributed by atoms with van der Waals surface area (Å²) in [6, 6.07) is 7.53. The third-order valence-corrected chi connectivity index (χ3v) is 2.90. The SMILES string of the molecule is CC1CCN(c2ccccc2F)CCN1. The lowest BCUT2D eigenvalue weighted by molar-refractivity contribution is 0.566. The van der Waals surface area contributed by atoms with Crippen molar-refractivity contribution < 1.29 is 4.39 Å². The first-order valence-electron chi connectivity index (χ1n) is 5.50. The zero-order valence-corrected chi connectivity index (χ0v) is 9.04. The van der Waals surface area contributed by atoms with Crippen molar-refractivity contribution in [1.29, 1.82) is 0 Å². The summed E-state index contributed by atoms with van der Waals surface area (Å²) in [5, 5.41) is 3.40. The maximum atomic E-state index is 13.5. The summed E-state index contributed by atoms with van der Waals surface area (Å²) in [5.74, 6) is -0.118. The van der Waals surface area contributed by atoms with E-state index in [0.29, 0.717) is 6.04 Å². The van der Waals surface area contributed by atoms with Crippen LogP contribution >= 0.6 is 0 Å². The van der Waals surface area contributed by atoms with E-state index in [0.717, 1.165) is 31.7 Å². The van der Waals surface area contributed by atoms with Crippen LogP contribution in [-0.2, 0) is 0 Å². The zero-order valence-electron chi connectivity index (χ0n) is 9.04. The van der Waals surface area contributed by atoms with Gasteiger partial charge in [-0.1, -0.05) is 12.1 Å². The van der Waals surface area contributed by atoms with Gasteiger partial charge in [0, 0.05) is 25.7 Å². The molecule has 1 heterocycles. The number of benzene rings is 1. The van der Waals surface area contributed by atoms with Gasteiger partial charge in [0.25, 0.3) is 0 Å². The quantitative estimate of drug-likeness (QED) is 0.759. The first kappa shape index (κ1) is 10.4. The molecular formula is C12H17FN2. The molecule has 0 amide bonds. The highest BCUT2D eigenvalue weighted by Crippen LogP contribution is 2.19. The van der Waals surface area contributed by atoms with Gasteiger partial charge in [-0.2, -0.15) is 0 Å². The summed E-state index contributed by atoms with van der Waals surface area (Å²) in [4.78, 5) is 2.12. The molecule has 15 heavy (non-hydrogen) atoms. The molecule has 82 valence electrons. The van der Waals surface area contributed by atoms with Crippen molar-refractivity contribution in [2.75, 3.05) is 24.5 Å². The topological polar surface area (TPSA) is 15.3 Å². The number of halogens is 1. The molecule has 1 aromatic carbocycles. The molecular weight excluding hydrogens is 191 g/mol. The third-order valence-electron chi connectivity index (χ3n) is 2.90. The normalized spacial score (nSPS) is 22.5. The molecule has 2 rings (SSSR count). The fourth-order valence-electron chi connectivity index (χ4n) is 1.96. The molecule has 1 aliphatic heterocycles. The molecule has 1 atom stereocenters. The molecule has 1 aromatic rings. The van der Waals surface area contributed by atoms with Crippen molar-refractivity contribution in [2.24, 2.45) is 0 Å². The Bertz CT molecular complexity index is 327. The lowest BCUT2D eigenvalue weighted by Crippen LogP contribution is -2.29. The number of nitrogens with one attached hydrogen (secondary N) is 1. The van der Waals surface area contributed by atoms with Gasteiger partial charge in [-0.15, -0.1) is 0 Å². The van der Waals surface area contributed by atoms with Gasteiger partial charge in [0.1, 0.15) is 5.82 Å². The Morgan fingerprint density at radius 2 is 2.13 bits per heavy atom. The Morgan fingerprint density at radius 3 is 2.93 bits per heavy atom. The third kappa shape index (κ3) is 2.48. The van der Waals surface area contributed by atoms with E-state index in [-0.39, 0.29) is 5.82 Å². The molecule has 0 radical (unpaired) electrons. The number of nitrogens with zero attached hydrogens (tertiary/aromatic N) is 1. The Balaban J connectivity index is 2.13. The molecule has 1 N–H and O–H groups in total. The first-order valence-corrected chi connectivity index (χ1v) is 5.50. The number of rotatable bonds is 1. The van der Waals surface area contributed by atoms with Crippen molar-refractivity contribution in [3.05, 3.63) is 30.1 Å². The highest BCUT2D eigenvalue weighted by atomic mass is 19.1. The van der Waals surface area contributed by atoms with Gasteiger partial charge < -0.3 is 10.2 Å². The van der Waals surface area contributed by atoms with E-state index in [9.17, 15) is 4.39 Å². The van der Waals surface area contributed by atoms with Crippen molar-refractivity contribution in [3.8, 4) is 0 Å². The molecule has 1 fully saturated rings. The monoisotopic (exact) mass is 208 g/mol. The van der Waals surface area contributed by atoms with E-state index in [1.807, 2.05) is 12.1 Å². The second-order valence-electron chi connectivity index (χ2n) is 4.08. The van der Waals surface area contributed by atoms with Gasteiger partial charge in [-0.3, -0.25) is 0 Å². The van der Waals surface area contributed by atoms with E-state index in [1.54, 1.807) is 6.07 Å². The van der Waals surface area contributed by atoms with E-state index in [2.05, 4.69) is 17.1 Å². The second kappa shape index (κ2) is 4.62. The molecule has 0 aliphatic carbocycles. The van der Waals surface area contributed by atoms with E-state index in [4.69, 9.17) is 0 Å². The fraction of sp³-hybridized carbons (Fsp3) is 0.500. The number of hydrogen-bond acceptors (Lipinski definition) is 2. The molecule has 2 nitrogen and oxygen atoms in total. The standard InChI is InChI=1S/C12H17FN2/c1-10-6-8-15(9-7-14-10)12-5-3-2-4-11(12)13/h2-5,10,14H,6-9H2,1H3. The van der Waals surface area contributed by atoms with Gasteiger partial charge in [0.15, 0.2) is 0 Å². The van der Waals surface area contributed by atoms with Crippen LogP contribution in [0.3, 0.4) is 0 Å². The molecule has 1 unspecified atom stereocenters. The van der Waals surface area contributed by atoms with Crippen molar-refractivity contribution >= 4 is 5.69 Å². The maximum absolute atomic E-state index is 13.5. The molecule has 0 bridgehead atoms. The average Bonchev–Trinajstić information content (AvgIpc) is 2.44. The molecule has 1 aliphatic rings. The predicted molar refractivity (Wildman–Crippen MR) is 60.7 cm³/mol. The highest BCUT2D eigenvalue weighted by molar-refractivity contribution is 5.47. The predicted octanol–water partition coefficient (Wildman–Crippen LogP) is 2.01. The van der Waals surface area contributed by atoms with Crippen LogP contribution in [-0.4, -0.2) is 25.7 Å². The minimum atomic E-state index is -0.118. The molecule has 0 spiro atoms. The minimum Gasteiger partial charge on any atom is -0.368 e. The van der Waals surface area contributed by atoms with Crippen LogP contribution in [0.1, 0.15) is 13.3 Å². The van der Waals surface area contributed by atoms with Gasteiger partial charge >= 0.3 is 0 Å². The Kier molecular flexibility index (Phi) is 3.21. The van der Waals surface area contributed by atoms with E-state index >= 15 is 0 Å². The van der Waals surface area contributed by atoms with Gasteiger partial charge in [0.2, 0.25) is 0 Å². The summed E-state index contributed by atoms with van der Waals surface area (Å²) >= 11 is 0. The van der Waals surface area contributed by atoms with E-state index in [1.165, 1.54) is 6.07 Å². The van der Waals surface area contributed by atoms with Crippen molar-refractivity contribution in [1.82, 2.24) is 5.32 Å². The molecule has 0 aromatic heterocycles. The highest BCUT2D eigenvalue weighted by Gasteiger charge is 2.15. The molecule has 3 heteroatoms. The van der Waals surface area contributed by atoms with Crippen LogP contribution in [0.2, 0.25) is 0 Å². The van der Waals surface area contributed by atoms with Crippen LogP contribution in [0.4, 0.5) is 10.1 Å². The Labute approximate surface area is 90.1 Å². The van der Waals surface area contributed by atoms with Crippen LogP contribution < -0.4 is 10.2 Å². The number of hydrogen-bond donors (Lipinski definition) is 1. The van der Waals surface area contributed by atoms with Crippen LogP contribution in [0.15, 0.2) is 24.3 Å². The molecule has 1 saturated heterocycles. The number of anilines is 1. The fourth-order valence-corrected chi connectivity index (χ4v) is 1.96. The average molecular weight is 208 g/mol. The minimum absolute atomic E-state index is 0.118. The summed E-state index contributed by atoms with van der Waals surface area (Å²) < 4.78 is 13.5. The summed E-state index contributed by atoms with van der Waals surface area (Å²) in [5.41, 5.74) is 0.730. The summed E-state index contributed by atoms with van der Waals surface area (Å²) in [6.45, 7) is 4.90. The largest absolute Gasteiger partial charge is 0.368 e. The maximum Gasteiger partial charge on any atom is 0.146 e. The Hall–Kier alpha value is -1.09. The molecule has 0 saturated carbocycles. The summed E-state index contributed by atoms with van der Waals surface area (Å²) in [6.07, 6.45) is 1.06. The first-order chi connectivity index (χ1) is 7.27. The lowest BCUT2D eigenvalue weighted by atomic mass is 10.2. The van der Waals surface area contributed by atoms with E-state index < -0.39 is 0 Å². The van der Waals surface area contributed by atoms with Crippen molar-refractivity contribution in [3.63, 3.8) is 0 Å². The Morgan fingerprint density at radius 1 is 1.33 bits per heavy atom. The van der Waals surface area contributed by atoms with Gasteiger partial charge in [-0.25, -0.2) is 4.39 Å². The van der Waals surface area contributed by atoms with Crippen LogP contribution in [0.25, 0.3) is 0 Å². The zero-order chi connectivity index (χ0) is 10.7. The van der Waals surface area contributed by atoms with Gasteiger partial charge in [-0.05, 0) is 25.5 Å². The lowest BCUT2D eigenvalue weighted by Gasteiger charge is -2.22. The van der Waals surface area contributed by atoms with Crippen molar-refractivity contribution in [2.45, 2.75) is 19.4 Å². The summed E-state index contributed by atoms with van der Waals surface area (Å²) in [7, 11) is 0. The smallest absolute Gasteiger partial charge is 0.146 e. The second-order valence-corrected chi connectivity index (χ2v) is 4.08.